The van der Waals surface area contributed by atoms with Crippen molar-refractivity contribution in [2.24, 2.45) is 0 Å². The Balaban J connectivity index is 2.16. The molecule has 0 amide bonds. The lowest BCUT2D eigenvalue weighted by Crippen LogP contribution is -2.35. The molecule has 118 valence electrons. The monoisotopic (exact) mass is 308 g/mol. The summed E-state index contributed by atoms with van der Waals surface area (Å²) >= 11 is 1.98. The number of hydrogen-bond donors (Lipinski definition) is 2. The Morgan fingerprint density at radius 2 is 1.86 bits per heavy atom. The molecule has 0 aromatic carbocycles. The highest BCUT2D eigenvalue weighted by molar-refractivity contribution is 7.99. The van der Waals surface area contributed by atoms with Crippen molar-refractivity contribution in [3.63, 3.8) is 0 Å². The van der Waals surface area contributed by atoms with Gasteiger partial charge in [0.2, 0.25) is 0 Å². The van der Waals surface area contributed by atoms with Crippen LogP contribution in [0.25, 0.3) is 0 Å². The van der Waals surface area contributed by atoms with Crippen LogP contribution in [0.2, 0.25) is 0 Å². The largest absolute Gasteiger partial charge is 0.370 e. The first kappa shape index (κ1) is 16.4. The van der Waals surface area contributed by atoms with E-state index in [9.17, 15) is 0 Å². The molecule has 4 nitrogen and oxygen atoms in total. The second-order valence-electron chi connectivity index (χ2n) is 5.83. The van der Waals surface area contributed by atoms with Crippen LogP contribution in [0.4, 0.5) is 11.6 Å². The van der Waals surface area contributed by atoms with Gasteiger partial charge in [-0.2, -0.15) is 11.8 Å². The second-order valence-corrected chi connectivity index (χ2v) is 6.91. The van der Waals surface area contributed by atoms with Gasteiger partial charge in [-0.05, 0) is 39.4 Å². The molecule has 2 unspecified atom stereocenters. The van der Waals surface area contributed by atoms with Crippen molar-refractivity contribution < 1.29 is 0 Å². The van der Waals surface area contributed by atoms with Crippen molar-refractivity contribution in [3.8, 4) is 0 Å². The number of hydrogen-bond acceptors (Lipinski definition) is 5. The molecule has 1 aliphatic carbocycles. The summed E-state index contributed by atoms with van der Waals surface area (Å²) in [6.07, 6.45) is 8.54. The van der Waals surface area contributed by atoms with Crippen molar-refractivity contribution in [3.05, 3.63) is 11.4 Å². The topological polar surface area (TPSA) is 49.8 Å². The summed E-state index contributed by atoms with van der Waals surface area (Å²) in [7, 11) is 0. The van der Waals surface area contributed by atoms with Gasteiger partial charge in [-0.1, -0.05) is 19.8 Å². The molecule has 2 N–H and O–H groups in total. The minimum atomic E-state index is 0.528. The van der Waals surface area contributed by atoms with Crippen LogP contribution < -0.4 is 10.6 Å². The van der Waals surface area contributed by atoms with Crippen molar-refractivity contribution in [2.45, 2.75) is 64.2 Å². The zero-order valence-corrected chi connectivity index (χ0v) is 14.5. The molecule has 0 aliphatic heterocycles. The van der Waals surface area contributed by atoms with E-state index in [1.807, 2.05) is 18.7 Å². The Kier molecular flexibility index (Phi) is 6.15. The van der Waals surface area contributed by atoms with Crippen molar-refractivity contribution in [2.75, 3.05) is 23.4 Å². The summed E-state index contributed by atoms with van der Waals surface area (Å²) in [4.78, 5) is 9.17. The van der Waals surface area contributed by atoms with E-state index in [1.54, 1.807) is 0 Å². The Hall–Kier alpha value is -0.970. The zero-order chi connectivity index (χ0) is 15.2. The van der Waals surface area contributed by atoms with E-state index in [1.165, 1.54) is 25.7 Å². The van der Waals surface area contributed by atoms with Crippen molar-refractivity contribution in [1.82, 2.24) is 9.97 Å². The van der Waals surface area contributed by atoms with Gasteiger partial charge in [0.15, 0.2) is 0 Å². The van der Waals surface area contributed by atoms with Gasteiger partial charge in [0.05, 0.1) is 0 Å². The van der Waals surface area contributed by atoms with Crippen LogP contribution in [-0.2, 0) is 0 Å². The van der Waals surface area contributed by atoms with E-state index in [2.05, 4.69) is 40.7 Å². The normalized spacial score (nSPS) is 22.1. The van der Waals surface area contributed by atoms with Gasteiger partial charge in [0, 0.05) is 23.4 Å². The average molecular weight is 308 g/mol. The van der Waals surface area contributed by atoms with Crippen LogP contribution in [0.15, 0.2) is 0 Å². The minimum Gasteiger partial charge on any atom is -0.370 e. The third kappa shape index (κ3) is 4.25. The van der Waals surface area contributed by atoms with Gasteiger partial charge in [0.1, 0.15) is 17.5 Å². The first-order valence-electron chi connectivity index (χ1n) is 8.04. The van der Waals surface area contributed by atoms with E-state index >= 15 is 0 Å². The lowest BCUT2D eigenvalue weighted by atomic mass is 9.94. The van der Waals surface area contributed by atoms with Crippen LogP contribution in [0.5, 0.6) is 0 Å². The van der Waals surface area contributed by atoms with Gasteiger partial charge >= 0.3 is 0 Å². The predicted molar refractivity (Wildman–Crippen MR) is 93.5 cm³/mol. The summed E-state index contributed by atoms with van der Waals surface area (Å²) in [6.45, 7) is 7.19. The molecule has 1 fully saturated rings. The van der Waals surface area contributed by atoms with Crippen LogP contribution >= 0.6 is 11.8 Å². The molecule has 0 saturated heterocycles. The van der Waals surface area contributed by atoms with Gasteiger partial charge < -0.3 is 10.6 Å². The molecule has 1 heterocycles. The maximum atomic E-state index is 4.63. The van der Waals surface area contributed by atoms with Crippen LogP contribution in [-0.4, -0.2) is 34.1 Å². The molecule has 21 heavy (non-hydrogen) atoms. The maximum Gasteiger partial charge on any atom is 0.135 e. The lowest BCUT2D eigenvalue weighted by Gasteiger charge is -2.32. The van der Waals surface area contributed by atoms with Crippen LogP contribution in [0.1, 0.15) is 50.4 Å². The Morgan fingerprint density at radius 3 is 2.57 bits per heavy atom. The molecule has 0 radical (unpaired) electrons. The highest BCUT2D eigenvalue weighted by Crippen LogP contribution is 2.30. The third-order valence-corrected chi connectivity index (χ3v) is 5.30. The Bertz CT molecular complexity index is 464. The third-order valence-electron chi connectivity index (χ3n) is 4.13. The summed E-state index contributed by atoms with van der Waals surface area (Å²) in [6, 6.07) is 0.528. The van der Waals surface area contributed by atoms with Gasteiger partial charge in [-0.25, -0.2) is 9.97 Å². The average Bonchev–Trinajstić information content (AvgIpc) is 2.49. The molecule has 1 saturated carbocycles. The quantitative estimate of drug-likeness (QED) is 0.832. The van der Waals surface area contributed by atoms with E-state index in [-0.39, 0.29) is 0 Å². The molecule has 1 aliphatic rings. The molecule has 1 aromatic rings. The molecule has 2 atom stereocenters. The standard InChI is InChI=1S/C16H28N4S/c1-5-10-17-15-11(2)16(19-12(3)18-15)20-13-8-6-7-9-14(13)21-4/h13-14H,5-10H2,1-4H3,(H2,17,18,19,20). The first-order chi connectivity index (χ1) is 10.2. The fourth-order valence-corrected chi connectivity index (χ4v) is 3.84. The summed E-state index contributed by atoms with van der Waals surface area (Å²) < 4.78 is 0. The van der Waals surface area contributed by atoms with Crippen LogP contribution in [0.3, 0.4) is 0 Å². The SMILES string of the molecule is CCCNc1nc(C)nc(NC2CCCCC2SC)c1C. The molecule has 5 heteroatoms. The number of nitrogens with zero attached hydrogens (tertiary/aromatic N) is 2. The number of nitrogens with one attached hydrogen (secondary N) is 2. The number of rotatable bonds is 6. The lowest BCUT2D eigenvalue weighted by molar-refractivity contribution is 0.474. The molecule has 1 aromatic heterocycles. The highest BCUT2D eigenvalue weighted by Gasteiger charge is 2.25. The van der Waals surface area contributed by atoms with Crippen molar-refractivity contribution in [1.29, 1.82) is 0 Å². The predicted octanol–water partition coefficient (Wildman–Crippen LogP) is 4.00. The minimum absolute atomic E-state index is 0.528. The summed E-state index contributed by atoms with van der Waals surface area (Å²) in [5, 5.41) is 7.80. The smallest absolute Gasteiger partial charge is 0.135 e. The van der Waals surface area contributed by atoms with E-state index in [0.717, 1.165) is 36.0 Å². The fourth-order valence-electron chi connectivity index (χ4n) is 2.90. The maximum absolute atomic E-state index is 4.63. The van der Waals surface area contributed by atoms with E-state index in [0.29, 0.717) is 11.3 Å². The van der Waals surface area contributed by atoms with E-state index in [4.69, 9.17) is 0 Å². The van der Waals surface area contributed by atoms with Gasteiger partial charge in [-0.15, -0.1) is 0 Å². The first-order valence-corrected chi connectivity index (χ1v) is 9.33. The number of aryl methyl sites for hydroxylation is 1. The van der Waals surface area contributed by atoms with Gasteiger partial charge in [-0.3, -0.25) is 0 Å². The number of anilines is 2. The Labute approximate surface area is 132 Å². The number of aromatic nitrogens is 2. The Morgan fingerprint density at radius 1 is 1.14 bits per heavy atom. The highest BCUT2D eigenvalue weighted by atomic mass is 32.2. The summed E-state index contributed by atoms with van der Waals surface area (Å²) in [5.74, 6) is 2.81. The molecule has 0 bridgehead atoms. The van der Waals surface area contributed by atoms with E-state index < -0.39 is 0 Å². The fraction of sp³-hybridized carbons (Fsp3) is 0.750. The van der Waals surface area contributed by atoms with Crippen LogP contribution in [0, 0.1) is 13.8 Å². The number of thioether (sulfide) groups is 1. The molecular formula is C16H28N4S. The molecular weight excluding hydrogens is 280 g/mol. The second kappa shape index (κ2) is 7.87. The zero-order valence-electron chi connectivity index (χ0n) is 13.7. The van der Waals surface area contributed by atoms with Gasteiger partial charge in [0.25, 0.3) is 0 Å². The van der Waals surface area contributed by atoms with Crippen molar-refractivity contribution >= 4 is 23.4 Å². The molecule has 2 rings (SSSR count). The molecule has 0 spiro atoms. The summed E-state index contributed by atoms with van der Waals surface area (Å²) in [5.41, 5.74) is 1.14.